The van der Waals surface area contributed by atoms with Crippen molar-refractivity contribution in [3.8, 4) is 0 Å². The van der Waals surface area contributed by atoms with Gasteiger partial charge in [-0.2, -0.15) is 0 Å². The van der Waals surface area contributed by atoms with E-state index < -0.39 is 0 Å². The second-order valence-corrected chi connectivity index (χ2v) is 2.64. The molecule has 1 aromatic rings. The van der Waals surface area contributed by atoms with Crippen LogP contribution in [0.4, 0.5) is 0 Å². The summed E-state index contributed by atoms with van der Waals surface area (Å²) in [4.78, 5) is 0. The van der Waals surface area contributed by atoms with Crippen LogP contribution in [0.3, 0.4) is 0 Å². The van der Waals surface area contributed by atoms with Crippen LogP contribution in [-0.4, -0.2) is 0 Å². The van der Waals surface area contributed by atoms with Crippen LogP contribution in [0.15, 0.2) is 42.7 Å². The summed E-state index contributed by atoms with van der Waals surface area (Å²) < 4.78 is 5.36. The zero-order chi connectivity index (χ0) is 7.52. The van der Waals surface area contributed by atoms with Crippen molar-refractivity contribution in [1.29, 1.82) is 0 Å². The van der Waals surface area contributed by atoms with Crippen LogP contribution in [0.1, 0.15) is 18.1 Å². The highest BCUT2D eigenvalue weighted by molar-refractivity contribution is 5.19. The zero-order valence-corrected chi connectivity index (χ0v) is 6.23. The van der Waals surface area contributed by atoms with Crippen molar-refractivity contribution in [3.05, 3.63) is 48.2 Å². The topological polar surface area (TPSA) is 9.23 Å². The Kier molecular flexibility index (Phi) is 1.64. The Balaban J connectivity index is 2.17. The minimum absolute atomic E-state index is 0.260. The third-order valence-electron chi connectivity index (χ3n) is 1.86. The lowest BCUT2D eigenvalue weighted by Gasteiger charge is -2.09. The van der Waals surface area contributed by atoms with Crippen molar-refractivity contribution in [2.45, 2.75) is 12.5 Å². The first-order valence-corrected chi connectivity index (χ1v) is 3.82. The number of hydrogen-bond donors (Lipinski definition) is 0. The summed E-state index contributed by atoms with van der Waals surface area (Å²) in [5.74, 6) is 0. The average Bonchev–Trinajstić information content (AvgIpc) is 2.58. The molecule has 0 aliphatic carbocycles. The minimum atomic E-state index is 0.260. The van der Waals surface area contributed by atoms with Crippen LogP contribution >= 0.6 is 0 Å². The summed E-state index contributed by atoms with van der Waals surface area (Å²) in [6.07, 6.45) is 5.09. The zero-order valence-electron chi connectivity index (χ0n) is 6.23. The van der Waals surface area contributed by atoms with Crippen molar-refractivity contribution in [3.63, 3.8) is 0 Å². The van der Waals surface area contributed by atoms with Gasteiger partial charge >= 0.3 is 0 Å². The Bertz CT molecular complexity index is 243. The molecule has 0 aromatic heterocycles. The maximum absolute atomic E-state index is 5.36. The number of benzene rings is 1. The van der Waals surface area contributed by atoms with Gasteiger partial charge in [-0.3, -0.25) is 0 Å². The molecular formula is C10H10O. The molecule has 11 heavy (non-hydrogen) atoms. The fourth-order valence-electron chi connectivity index (χ4n) is 1.27. The van der Waals surface area contributed by atoms with Gasteiger partial charge in [0.15, 0.2) is 0 Å². The molecule has 0 saturated carbocycles. The van der Waals surface area contributed by atoms with Crippen LogP contribution < -0.4 is 0 Å². The summed E-state index contributed by atoms with van der Waals surface area (Å²) in [6, 6.07) is 10.3. The van der Waals surface area contributed by atoms with Crippen molar-refractivity contribution >= 4 is 0 Å². The van der Waals surface area contributed by atoms with Gasteiger partial charge in [0.25, 0.3) is 0 Å². The van der Waals surface area contributed by atoms with Crippen LogP contribution in [0.25, 0.3) is 0 Å². The van der Waals surface area contributed by atoms with Crippen LogP contribution in [0, 0.1) is 0 Å². The van der Waals surface area contributed by atoms with E-state index in [1.54, 1.807) is 6.26 Å². The van der Waals surface area contributed by atoms with E-state index in [-0.39, 0.29) is 6.10 Å². The minimum Gasteiger partial charge on any atom is -0.493 e. The number of hydrogen-bond acceptors (Lipinski definition) is 1. The lowest BCUT2D eigenvalue weighted by Crippen LogP contribution is -1.93. The first-order valence-electron chi connectivity index (χ1n) is 3.82. The molecule has 1 aliphatic heterocycles. The predicted molar refractivity (Wildman–Crippen MR) is 44.0 cm³/mol. The molecule has 56 valence electrons. The first kappa shape index (κ1) is 6.47. The summed E-state index contributed by atoms with van der Waals surface area (Å²) in [5, 5.41) is 0. The van der Waals surface area contributed by atoms with Gasteiger partial charge in [0.1, 0.15) is 6.10 Å². The van der Waals surface area contributed by atoms with Gasteiger partial charge in [0, 0.05) is 6.42 Å². The highest BCUT2D eigenvalue weighted by Gasteiger charge is 2.12. The van der Waals surface area contributed by atoms with Crippen LogP contribution in [-0.2, 0) is 4.74 Å². The Labute approximate surface area is 66.3 Å². The van der Waals surface area contributed by atoms with Gasteiger partial charge in [0.2, 0.25) is 0 Å². The fraction of sp³-hybridized carbons (Fsp3) is 0.200. The van der Waals surface area contributed by atoms with Gasteiger partial charge in [-0.15, -0.1) is 0 Å². The van der Waals surface area contributed by atoms with Crippen molar-refractivity contribution in [2.75, 3.05) is 0 Å². The Morgan fingerprint density at radius 1 is 1.18 bits per heavy atom. The normalized spacial score (nSPS) is 21.6. The summed E-state index contributed by atoms with van der Waals surface area (Å²) >= 11 is 0. The number of rotatable bonds is 1. The molecule has 1 atom stereocenters. The molecule has 0 N–H and O–H groups in total. The smallest absolute Gasteiger partial charge is 0.126 e. The molecule has 1 unspecified atom stereocenters. The molecular weight excluding hydrogens is 136 g/mol. The first-order chi connectivity index (χ1) is 5.47. The maximum Gasteiger partial charge on any atom is 0.126 e. The second kappa shape index (κ2) is 2.79. The van der Waals surface area contributed by atoms with E-state index >= 15 is 0 Å². The standard InChI is InChI=1S/C10H10O/c1-2-5-9(6-3-1)10-7-4-8-11-10/h1-6,8,10H,7H2. The van der Waals surface area contributed by atoms with Gasteiger partial charge in [-0.05, 0) is 11.6 Å². The van der Waals surface area contributed by atoms with Crippen LogP contribution in [0.2, 0.25) is 0 Å². The van der Waals surface area contributed by atoms with Gasteiger partial charge in [0.05, 0.1) is 6.26 Å². The van der Waals surface area contributed by atoms with Crippen molar-refractivity contribution < 1.29 is 4.74 Å². The summed E-state index contributed by atoms with van der Waals surface area (Å²) in [5.41, 5.74) is 1.26. The van der Waals surface area contributed by atoms with Gasteiger partial charge < -0.3 is 4.74 Å². The van der Waals surface area contributed by atoms with E-state index in [1.807, 2.05) is 18.2 Å². The molecule has 1 heteroatoms. The van der Waals surface area contributed by atoms with Gasteiger partial charge in [-0.1, -0.05) is 30.3 Å². The van der Waals surface area contributed by atoms with E-state index in [1.165, 1.54) is 5.56 Å². The molecule has 1 heterocycles. The molecule has 2 rings (SSSR count). The molecule has 0 saturated heterocycles. The van der Waals surface area contributed by atoms with Crippen molar-refractivity contribution in [2.24, 2.45) is 0 Å². The molecule has 1 nitrogen and oxygen atoms in total. The van der Waals surface area contributed by atoms with Gasteiger partial charge in [-0.25, -0.2) is 0 Å². The fourth-order valence-corrected chi connectivity index (χ4v) is 1.27. The third kappa shape index (κ3) is 1.27. The summed E-state index contributed by atoms with van der Waals surface area (Å²) in [6.45, 7) is 0. The van der Waals surface area contributed by atoms with Crippen LogP contribution in [0.5, 0.6) is 0 Å². The van der Waals surface area contributed by atoms with E-state index in [0.717, 1.165) is 6.42 Å². The lowest BCUT2D eigenvalue weighted by molar-refractivity contribution is 0.173. The maximum atomic E-state index is 5.36. The Morgan fingerprint density at radius 2 is 2.00 bits per heavy atom. The Morgan fingerprint density at radius 3 is 2.64 bits per heavy atom. The SMILES string of the molecule is C1=COC(c2ccccc2)C1. The quantitative estimate of drug-likeness (QED) is 0.591. The summed E-state index contributed by atoms with van der Waals surface area (Å²) in [7, 11) is 0. The highest BCUT2D eigenvalue weighted by Crippen LogP contribution is 2.25. The molecule has 0 spiro atoms. The largest absolute Gasteiger partial charge is 0.493 e. The Hall–Kier alpha value is -1.24. The lowest BCUT2D eigenvalue weighted by atomic mass is 10.1. The van der Waals surface area contributed by atoms with E-state index in [0.29, 0.717) is 0 Å². The molecule has 0 radical (unpaired) electrons. The van der Waals surface area contributed by atoms with Crippen molar-refractivity contribution in [1.82, 2.24) is 0 Å². The average molecular weight is 146 g/mol. The molecule has 0 bridgehead atoms. The second-order valence-electron chi connectivity index (χ2n) is 2.64. The molecule has 0 amide bonds. The monoisotopic (exact) mass is 146 g/mol. The third-order valence-corrected chi connectivity index (χ3v) is 1.86. The predicted octanol–water partition coefficient (Wildman–Crippen LogP) is 2.66. The van der Waals surface area contributed by atoms with E-state index in [4.69, 9.17) is 4.74 Å². The van der Waals surface area contributed by atoms with E-state index in [2.05, 4.69) is 18.2 Å². The number of ether oxygens (including phenoxy) is 1. The molecule has 0 fully saturated rings. The van der Waals surface area contributed by atoms with E-state index in [9.17, 15) is 0 Å². The molecule has 1 aromatic carbocycles. The molecule has 1 aliphatic rings. The highest BCUT2D eigenvalue weighted by atomic mass is 16.5.